The van der Waals surface area contributed by atoms with E-state index in [4.69, 9.17) is 17.2 Å². The summed E-state index contributed by atoms with van der Waals surface area (Å²) in [7, 11) is 0. The Morgan fingerprint density at radius 3 is 2.33 bits per heavy atom. The fraction of sp³-hybridized carbons (Fsp3) is 0.100. The van der Waals surface area contributed by atoms with Crippen LogP contribution in [0.15, 0.2) is 23.1 Å². The van der Waals surface area contributed by atoms with Crippen molar-refractivity contribution >= 4 is 29.3 Å². The van der Waals surface area contributed by atoms with E-state index in [1.165, 1.54) is 17.8 Å². The van der Waals surface area contributed by atoms with Crippen LogP contribution in [0.5, 0.6) is 0 Å². The maximum Gasteiger partial charge on any atom is 0.225 e. The number of halogens is 1. The normalized spacial score (nSPS) is 10.5. The Morgan fingerprint density at radius 2 is 1.72 bits per heavy atom. The molecule has 2 aromatic rings. The van der Waals surface area contributed by atoms with Crippen LogP contribution in [0, 0.1) is 5.82 Å². The largest absolute Gasteiger partial charge is 0.399 e. The van der Waals surface area contributed by atoms with Crippen molar-refractivity contribution < 1.29 is 4.39 Å². The standard InChI is InChI=1S/C10H11FN6S/c11-6-3-5(12)1-2-7(6)18-4-8-15-9(13)17-10(14)16-8/h1-3H,4,12H2,(H4,13,14,15,16,17). The molecule has 0 unspecified atom stereocenters. The highest BCUT2D eigenvalue weighted by atomic mass is 32.2. The molecule has 94 valence electrons. The van der Waals surface area contributed by atoms with Crippen molar-refractivity contribution in [1.29, 1.82) is 0 Å². The SMILES string of the molecule is Nc1ccc(SCc2nc(N)nc(N)n2)c(F)c1. The van der Waals surface area contributed by atoms with Gasteiger partial charge in [-0.3, -0.25) is 0 Å². The van der Waals surface area contributed by atoms with Crippen LogP contribution in [0.1, 0.15) is 5.82 Å². The minimum absolute atomic E-state index is 0.0517. The van der Waals surface area contributed by atoms with Crippen molar-refractivity contribution in [3.8, 4) is 0 Å². The number of thioether (sulfide) groups is 1. The second-order valence-electron chi connectivity index (χ2n) is 3.45. The van der Waals surface area contributed by atoms with Crippen molar-refractivity contribution in [3.63, 3.8) is 0 Å². The summed E-state index contributed by atoms with van der Waals surface area (Å²) in [6.07, 6.45) is 0. The number of nitrogens with two attached hydrogens (primary N) is 3. The molecule has 0 bridgehead atoms. The van der Waals surface area contributed by atoms with Gasteiger partial charge in [-0.25, -0.2) is 4.39 Å². The zero-order valence-electron chi connectivity index (χ0n) is 9.30. The molecule has 6 nitrogen and oxygen atoms in total. The first kappa shape index (κ1) is 12.4. The topological polar surface area (TPSA) is 117 Å². The molecular formula is C10H11FN6S. The number of nitrogen functional groups attached to an aromatic ring is 3. The van der Waals surface area contributed by atoms with E-state index in [1.54, 1.807) is 12.1 Å². The van der Waals surface area contributed by atoms with Gasteiger partial charge in [0.05, 0.1) is 5.75 Å². The highest BCUT2D eigenvalue weighted by molar-refractivity contribution is 7.98. The molecule has 0 saturated carbocycles. The van der Waals surface area contributed by atoms with Gasteiger partial charge in [-0.15, -0.1) is 11.8 Å². The van der Waals surface area contributed by atoms with Gasteiger partial charge in [0.1, 0.15) is 11.6 Å². The van der Waals surface area contributed by atoms with Gasteiger partial charge < -0.3 is 17.2 Å². The molecule has 2 rings (SSSR count). The molecule has 0 aliphatic carbocycles. The van der Waals surface area contributed by atoms with Gasteiger partial charge in [-0.1, -0.05) is 0 Å². The summed E-state index contributed by atoms with van der Waals surface area (Å²) < 4.78 is 13.5. The van der Waals surface area contributed by atoms with Crippen molar-refractivity contribution in [2.75, 3.05) is 17.2 Å². The van der Waals surface area contributed by atoms with Crippen molar-refractivity contribution in [2.24, 2.45) is 0 Å². The minimum Gasteiger partial charge on any atom is -0.399 e. The molecule has 18 heavy (non-hydrogen) atoms. The van der Waals surface area contributed by atoms with Gasteiger partial charge in [-0.2, -0.15) is 15.0 Å². The van der Waals surface area contributed by atoms with E-state index in [9.17, 15) is 4.39 Å². The van der Waals surface area contributed by atoms with Crippen LogP contribution in [0.4, 0.5) is 22.0 Å². The van der Waals surface area contributed by atoms with Crippen LogP contribution in [0.3, 0.4) is 0 Å². The Bertz CT molecular complexity index is 556. The van der Waals surface area contributed by atoms with Crippen LogP contribution in [0.2, 0.25) is 0 Å². The lowest BCUT2D eigenvalue weighted by molar-refractivity contribution is 0.602. The maximum atomic E-state index is 13.5. The molecule has 0 fully saturated rings. The molecule has 0 atom stereocenters. The Hall–Kier alpha value is -2.09. The maximum absolute atomic E-state index is 13.5. The summed E-state index contributed by atoms with van der Waals surface area (Å²) in [6.45, 7) is 0. The first-order valence-corrected chi connectivity index (χ1v) is 5.97. The van der Waals surface area contributed by atoms with E-state index < -0.39 is 0 Å². The van der Waals surface area contributed by atoms with Crippen LogP contribution in [0.25, 0.3) is 0 Å². The van der Waals surface area contributed by atoms with E-state index in [0.717, 1.165) is 0 Å². The lowest BCUT2D eigenvalue weighted by atomic mass is 10.3. The van der Waals surface area contributed by atoms with E-state index >= 15 is 0 Å². The minimum atomic E-state index is -0.380. The molecule has 0 radical (unpaired) electrons. The number of anilines is 3. The average Bonchev–Trinajstić information content (AvgIpc) is 2.26. The van der Waals surface area contributed by atoms with Gasteiger partial charge in [0.2, 0.25) is 11.9 Å². The number of hydrogen-bond donors (Lipinski definition) is 3. The molecule has 0 aliphatic heterocycles. The van der Waals surface area contributed by atoms with Crippen LogP contribution in [-0.4, -0.2) is 15.0 Å². The molecule has 1 aromatic carbocycles. The molecule has 8 heteroatoms. The van der Waals surface area contributed by atoms with Crippen LogP contribution in [-0.2, 0) is 5.75 Å². The lowest BCUT2D eigenvalue weighted by Crippen LogP contribution is -2.06. The molecule has 0 spiro atoms. The number of rotatable bonds is 3. The summed E-state index contributed by atoms with van der Waals surface area (Å²) in [5.41, 5.74) is 16.7. The van der Waals surface area contributed by atoms with Gasteiger partial charge in [0, 0.05) is 10.6 Å². The Morgan fingerprint density at radius 1 is 1.06 bits per heavy atom. The van der Waals surface area contributed by atoms with Gasteiger partial charge in [0.25, 0.3) is 0 Å². The number of nitrogens with zero attached hydrogens (tertiary/aromatic N) is 3. The number of aromatic nitrogens is 3. The second-order valence-corrected chi connectivity index (χ2v) is 4.46. The second kappa shape index (κ2) is 5.05. The summed E-state index contributed by atoms with van der Waals surface area (Å²) in [4.78, 5) is 11.9. The summed E-state index contributed by atoms with van der Waals surface area (Å²) in [5, 5.41) is 0. The molecule has 1 heterocycles. The van der Waals surface area contributed by atoms with E-state index in [-0.39, 0.29) is 17.7 Å². The van der Waals surface area contributed by atoms with E-state index in [2.05, 4.69) is 15.0 Å². The van der Waals surface area contributed by atoms with E-state index in [0.29, 0.717) is 22.2 Å². The van der Waals surface area contributed by atoms with Gasteiger partial charge in [-0.05, 0) is 18.2 Å². The fourth-order valence-corrected chi connectivity index (χ4v) is 2.07. The third-order valence-corrected chi connectivity index (χ3v) is 3.07. The molecule has 0 aliphatic rings. The molecule has 0 saturated heterocycles. The van der Waals surface area contributed by atoms with Crippen LogP contribution >= 0.6 is 11.8 Å². The highest BCUT2D eigenvalue weighted by Gasteiger charge is 2.06. The van der Waals surface area contributed by atoms with Gasteiger partial charge in [0.15, 0.2) is 0 Å². The zero-order valence-corrected chi connectivity index (χ0v) is 10.1. The Balaban J connectivity index is 2.11. The number of hydrogen-bond acceptors (Lipinski definition) is 7. The molecule has 0 amide bonds. The summed E-state index contributed by atoms with van der Waals surface area (Å²) in [6, 6.07) is 4.49. The Labute approximate surface area is 107 Å². The first-order chi connectivity index (χ1) is 8.54. The Kier molecular flexibility index (Phi) is 3.47. The smallest absolute Gasteiger partial charge is 0.225 e. The fourth-order valence-electron chi connectivity index (χ4n) is 1.30. The van der Waals surface area contributed by atoms with Crippen molar-refractivity contribution in [1.82, 2.24) is 15.0 Å². The zero-order chi connectivity index (χ0) is 13.1. The average molecular weight is 266 g/mol. The summed E-state index contributed by atoms with van der Waals surface area (Å²) >= 11 is 1.23. The lowest BCUT2D eigenvalue weighted by Gasteiger charge is -2.04. The molecular weight excluding hydrogens is 255 g/mol. The predicted molar refractivity (Wildman–Crippen MR) is 69.0 cm³/mol. The first-order valence-electron chi connectivity index (χ1n) is 4.98. The number of benzene rings is 1. The quantitative estimate of drug-likeness (QED) is 0.561. The van der Waals surface area contributed by atoms with Crippen molar-refractivity contribution in [2.45, 2.75) is 10.6 Å². The third kappa shape index (κ3) is 2.98. The monoisotopic (exact) mass is 266 g/mol. The predicted octanol–water partition coefficient (Wildman–Crippen LogP) is 1.05. The van der Waals surface area contributed by atoms with Crippen LogP contribution < -0.4 is 17.2 Å². The summed E-state index contributed by atoms with van der Waals surface area (Å²) in [5.74, 6) is 0.473. The van der Waals surface area contributed by atoms with E-state index in [1.807, 2.05) is 0 Å². The molecule has 6 N–H and O–H groups in total. The molecule has 1 aromatic heterocycles. The van der Waals surface area contributed by atoms with Gasteiger partial charge >= 0.3 is 0 Å². The highest BCUT2D eigenvalue weighted by Crippen LogP contribution is 2.25. The van der Waals surface area contributed by atoms with Crippen molar-refractivity contribution in [3.05, 3.63) is 29.8 Å². The third-order valence-electron chi connectivity index (χ3n) is 2.03.